The van der Waals surface area contributed by atoms with E-state index >= 15 is 0 Å². The number of aromatic amines is 1. The molecule has 122 valence electrons. The van der Waals surface area contributed by atoms with Gasteiger partial charge >= 0.3 is 0 Å². The second-order valence-corrected chi connectivity index (χ2v) is 5.74. The summed E-state index contributed by atoms with van der Waals surface area (Å²) in [6, 6.07) is 11.2. The number of aromatic nitrogens is 1. The van der Waals surface area contributed by atoms with Crippen LogP contribution in [0.15, 0.2) is 41.2 Å². The highest BCUT2D eigenvalue weighted by Gasteiger charge is 2.15. The molecular weight excluding hydrogens is 292 g/mol. The molecule has 5 heteroatoms. The number of aryl methyl sites for hydroxylation is 1. The van der Waals surface area contributed by atoms with Crippen LogP contribution in [0.4, 0.5) is 0 Å². The summed E-state index contributed by atoms with van der Waals surface area (Å²) in [6.07, 6.45) is 0.611. The van der Waals surface area contributed by atoms with Gasteiger partial charge in [-0.2, -0.15) is 0 Å². The van der Waals surface area contributed by atoms with Gasteiger partial charge in [-0.3, -0.25) is 9.59 Å². The van der Waals surface area contributed by atoms with E-state index in [1.165, 1.54) is 0 Å². The van der Waals surface area contributed by atoms with Crippen molar-refractivity contribution in [1.82, 2.24) is 10.3 Å². The van der Waals surface area contributed by atoms with Crippen LogP contribution in [0.25, 0.3) is 11.1 Å². The monoisotopic (exact) mass is 314 g/mol. The Morgan fingerprint density at radius 2 is 2.00 bits per heavy atom. The summed E-state index contributed by atoms with van der Waals surface area (Å²) >= 11 is 0. The number of aliphatic hydroxyl groups is 1. The minimum Gasteiger partial charge on any atom is -0.396 e. The number of H-pyrrole nitrogens is 1. The van der Waals surface area contributed by atoms with Crippen LogP contribution in [0.3, 0.4) is 0 Å². The van der Waals surface area contributed by atoms with Gasteiger partial charge in [0.25, 0.3) is 11.5 Å². The summed E-state index contributed by atoms with van der Waals surface area (Å²) in [7, 11) is 0. The number of rotatable bonds is 6. The summed E-state index contributed by atoms with van der Waals surface area (Å²) in [4.78, 5) is 27.1. The predicted molar refractivity (Wildman–Crippen MR) is 90.4 cm³/mol. The smallest absolute Gasteiger partial charge is 0.261 e. The molecule has 2 aromatic rings. The number of carbonyl (C=O) groups excluding carboxylic acids is 1. The van der Waals surface area contributed by atoms with Crippen molar-refractivity contribution >= 4 is 5.91 Å². The van der Waals surface area contributed by atoms with Crippen LogP contribution in [0, 0.1) is 12.8 Å². The van der Waals surface area contributed by atoms with E-state index in [9.17, 15) is 9.59 Å². The SMILES string of the molecule is Cc1[nH]c(=O)c(C(=O)NCC(C)CCO)cc1-c1ccccc1. The van der Waals surface area contributed by atoms with Gasteiger partial charge in [0, 0.05) is 24.4 Å². The van der Waals surface area contributed by atoms with E-state index in [0.717, 1.165) is 16.8 Å². The molecule has 5 nitrogen and oxygen atoms in total. The van der Waals surface area contributed by atoms with E-state index in [-0.39, 0.29) is 18.1 Å². The molecule has 0 bridgehead atoms. The van der Waals surface area contributed by atoms with Gasteiger partial charge < -0.3 is 15.4 Å². The summed E-state index contributed by atoms with van der Waals surface area (Å²) in [5.74, 6) is -0.240. The molecule has 1 aromatic carbocycles. The van der Waals surface area contributed by atoms with E-state index in [1.54, 1.807) is 6.07 Å². The highest BCUT2D eigenvalue weighted by atomic mass is 16.3. The molecule has 0 fully saturated rings. The fraction of sp³-hybridized carbons (Fsp3) is 0.333. The van der Waals surface area contributed by atoms with E-state index in [4.69, 9.17) is 5.11 Å². The van der Waals surface area contributed by atoms with Crippen LogP contribution in [0.1, 0.15) is 29.4 Å². The Bertz CT molecular complexity index is 723. The first-order valence-corrected chi connectivity index (χ1v) is 7.71. The first-order chi connectivity index (χ1) is 11.0. The van der Waals surface area contributed by atoms with Crippen LogP contribution in [-0.2, 0) is 0 Å². The highest BCUT2D eigenvalue weighted by molar-refractivity contribution is 5.95. The van der Waals surface area contributed by atoms with Crippen LogP contribution < -0.4 is 10.9 Å². The molecular formula is C18H22N2O3. The van der Waals surface area contributed by atoms with Gasteiger partial charge in [-0.1, -0.05) is 37.3 Å². The molecule has 0 aliphatic carbocycles. The normalized spacial score (nSPS) is 12.0. The molecule has 1 amide bonds. The Hall–Kier alpha value is -2.40. The lowest BCUT2D eigenvalue weighted by atomic mass is 10.0. The first-order valence-electron chi connectivity index (χ1n) is 7.71. The van der Waals surface area contributed by atoms with E-state index in [0.29, 0.717) is 13.0 Å². The Labute approximate surface area is 135 Å². The lowest BCUT2D eigenvalue weighted by molar-refractivity contribution is 0.0944. The maximum atomic E-state index is 12.3. The number of hydrogen-bond donors (Lipinski definition) is 3. The number of aliphatic hydroxyl groups excluding tert-OH is 1. The lowest BCUT2D eigenvalue weighted by Gasteiger charge is -2.12. The standard InChI is InChI=1S/C18H22N2O3/c1-12(8-9-21)11-19-17(22)16-10-15(13(2)20-18(16)23)14-6-4-3-5-7-14/h3-7,10,12,21H,8-9,11H2,1-2H3,(H,19,22)(H,20,23). The van der Waals surface area contributed by atoms with Gasteiger partial charge in [0.1, 0.15) is 5.56 Å². The molecule has 0 aliphatic heterocycles. The first kappa shape index (κ1) is 17.0. The summed E-state index contributed by atoms with van der Waals surface area (Å²) in [5.41, 5.74) is 2.22. The lowest BCUT2D eigenvalue weighted by Crippen LogP contribution is -2.33. The summed E-state index contributed by atoms with van der Waals surface area (Å²) in [6.45, 7) is 4.26. The molecule has 1 heterocycles. The molecule has 0 aliphatic rings. The third-order valence-electron chi connectivity index (χ3n) is 3.80. The maximum absolute atomic E-state index is 12.3. The van der Waals surface area contributed by atoms with Crippen molar-refractivity contribution in [3.63, 3.8) is 0 Å². The largest absolute Gasteiger partial charge is 0.396 e. The third-order valence-corrected chi connectivity index (χ3v) is 3.80. The van der Waals surface area contributed by atoms with Crippen LogP contribution in [0.2, 0.25) is 0 Å². The summed E-state index contributed by atoms with van der Waals surface area (Å²) in [5, 5.41) is 11.6. The number of carbonyl (C=O) groups is 1. The molecule has 0 radical (unpaired) electrons. The Kier molecular flexibility index (Phi) is 5.71. The summed E-state index contributed by atoms with van der Waals surface area (Å²) < 4.78 is 0. The van der Waals surface area contributed by atoms with Gasteiger partial charge in [-0.15, -0.1) is 0 Å². The zero-order valence-corrected chi connectivity index (χ0v) is 13.4. The predicted octanol–water partition coefficient (Wildman–Crippen LogP) is 2.10. The number of benzene rings is 1. The van der Waals surface area contributed by atoms with Crippen molar-refractivity contribution in [2.24, 2.45) is 5.92 Å². The Balaban J connectivity index is 2.25. The van der Waals surface area contributed by atoms with Gasteiger partial charge in [0.15, 0.2) is 0 Å². The van der Waals surface area contributed by atoms with E-state index in [2.05, 4.69) is 10.3 Å². The van der Waals surface area contributed by atoms with Gasteiger partial charge in [0.05, 0.1) is 0 Å². The Morgan fingerprint density at radius 3 is 2.65 bits per heavy atom. The molecule has 0 saturated carbocycles. The molecule has 2 rings (SSSR count). The fourth-order valence-electron chi connectivity index (χ4n) is 2.39. The van der Waals surface area contributed by atoms with Crippen molar-refractivity contribution in [3.05, 3.63) is 58.0 Å². The molecule has 1 unspecified atom stereocenters. The van der Waals surface area contributed by atoms with E-state index in [1.807, 2.05) is 44.2 Å². The molecule has 3 N–H and O–H groups in total. The zero-order valence-electron chi connectivity index (χ0n) is 13.4. The molecule has 0 spiro atoms. The fourth-order valence-corrected chi connectivity index (χ4v) is 2.39. The van der Waals surface area contributed by atoms with Crippen LogP contribution in [-0.4, -0.2) is 29.1 Å². The third kappa shape index (κ3) is 4.29. The van der Waals surface area contributed by atoms with Gasteiger partial charge in [-0.25, -0.2) is 0 Å². The second-order valence-electron chi connectivity index (χ2n) is 5.74. The van der Waals surface area contributed by atoms with Crippen molar-refractivity contribution in [2.75, 3.05) is 13.2 Å². The van der Waals surface area contributed by atoms with Gasteiger partial charge in [0.2, 0.25) is 0 Å². The van der Waals surface area contributed by atoms with Crippen LogP contribution >= 0.6 is 0 Å². The van der Waals surface area contributed by atoms with E-state index < -0.39 is 11.5 Å². The second kappa shape index (κ2) is 7.74. The number of pyridine rings is 1. The molecule has 0 saturated heterocycles. The van der Waals surface area contributed by atoms with Gasteiger partial charge in [-0.05, 0) is 30.9 Å². The number of amides is 1. The average molecular weight is 314 g/mol. The number of hydrogen-bond acceptors (Lipinski definition) is 3. The Morgan fingerprint density at radius 1 is 1.30 bits per heavy atom. The van der Waals surface area contributed by atoms with Crippen molar-refractivity contribution in [2.45, 2.75) is 20.3 Å². The average Bonchev–Trinajstić information content (AvgIpc) is 2.54. The van der Waals surface area contributed by atoms with Crippen molar-refractivity contribution in [1.29, 1.82) is 0 Å². The molecule has 23 heavy (non-hydrogen) atoms. The number of nitrogens with one attached hydrogen (secondary N) is 2. The highest BCUT2D eigenvalue weighted by Crippen LogP contribution is 2.21. The zero-order chi connectivity index (χ0) is 16.8. The van der Waals surface area contributed by atoms with Crippen molar-refractivity contribution in [3.8, 4) is 11.1 Å². The van der Waals surface area contributed by atoms with Crippen molar-refractivity contribution < 1.29 is 9.90 Å². The topological polar surface area (TPSA) is 82.2 Å². The van der Waals surface area contributed by atoms with Crippen LogP contribution in [0.5, 0.6) is 0 Å². The maximum Gasteiger partial charge on any atom is 0.261 e. The molecule has 1 atom stereocenters. The minimum absolute atomic E-state index is 0.0836. The quantitative estimate of drug-likeness (QED) is 0.763. The molecule has 1 aromatic heterocycles. The minimum atomic E-state index is -0.395.